The van der Waals surface area contributed by atoms with Gasteiger partial charge in [0, 0.05) is 0 Å². The van der Waals surface area contributed by atoms with Crippen LogP contribution in [0.15, 0.2) is 22.8 Å². The number of nitrogens with zero attached hydrogens (tertiary/aromatic N) is 1. The van der Waals surface area contributed by atoms with Gasteiger partial charge < -0.3 is 4.74 Å². The molecule has 90 valence electrons. The molecule has 1 aromatic rings. The van der Waals surface area contributed by atoms with Crippen LogP contribution in [0.5, 0.6) is 0 Å². The highest BCUT2D eigenvalue weighted by molar-refractivity contribution is 9.10. The molecule has 0 saturated carbocycles. The molecule has 1 rings (SSSR count). The van der Waals surface area contributed by atoms with Crippen molar-refractivity contribution < 1.29 is 14.1 Å². The average Bonchev–Trinajstić information content (AvgIpc) is 2.28. The van der Waals surface area contributed by atoms with Crippen LogP contribution in [0.25, 0.3) is 0 Å². The third-order valence-corrected chi connectivity index (χ3v) is 2.34. The number of aromatic nitrogens is 1. The molecule has 0 radical (unpaired) electrons. The van der Waals surface area contributed by atoms with Crippen molar-refractivity contribution in [1.82, 2.24) is 0 Å². The van der Waals surface area contributed by atoms with Crippen LogP contribution in [0, 0.1) is 0 Å². The van der Waals surface area contributed by atoms with E-state index in [1.165, 1.54) is 0 Å². The van der Waals surface area contributed by atoms with E-state index in [1.807, 2.05) is 11.9 Å². The van der Waals surface area contributed by atoms with Crippen LogP contribution >= 0.6 is 31.9 Å². The number of nitrogen functional groups attached to an aromatic ring is 1. The lowest BCUT2D eigenvalue weighted by Gasteiger charge is -2.03. The lowest BCUT2D eigenvalue weighted by molar-refractivity contribution is -0.672. The number of anilines is 1. The minimum Gasteiger partial charge on any atom is -0.463 e. The molecule has 6 heteroatoms. The standard InChI is InChI=1S/C9H11BrN2O2.CH3Br/c1-2-14-8(13)6-12-5-3-4-7(10)9(12)11;1-2/h3-5,11H,2,6H2,1H3;1H3/p+1. The number of pyridine rings is 1. The summed E-state index contributed by atoms with van der Waals surface area (Å²) in [6.45, 7) is 2.29. The van der Waals surface area contributed by atoms with Gasteiger partial charge in [0.2, 0.25) is 0 Å². The first-order valence-corrected chi connectivity index (χ1v) is 7.00. The molecular formula is C10H15Br2N2O2+. The number of halogens is 2. The zero-order valence-electron chi connectivity index (χ0n) is 9.24. The van der Waals surface area contributed by atoms with Gasteiger partial charge in [-0.1, -0.05) is 15.9 Å². The van der Waals surface area contributed by atoms with E-state index in [-0.39, 0.29) is 12.5 Å². The lowest BCUT2D eigenvalue weighted by atomic mass is 10.4. The number of rotatable bonds is 3. The maximum atomic E-state index is 11.2. The Bertz CT molecular complexity index is 346. The first kappa shape index (κ1) is 15.4. The summed E-state index contributed by atoms with van der Waals surface area (Å²) < 4.78 is 7.20. The molecule has 0 aliphatic heterocycles. The molecule has 0 aromatic carbocycles. The Hall–Kier alpha value is -0.620. The molecule has 2 N–H and O–H groups in total. The van der Waals surface area contributed by atoms with Crippen molar-refractivity contribution in [3.05, 3.63) is 22.8 Å². The highest BCUT2D eigenvalue weighted by Gasteiger charge is 2.12. The number of ether oxygens (including phenoxy) is 1. The molecule has 0 bridgehead atoms. The largest absolute Gasteiger partial charge is 0.463 e. The van der Waals surface area contributed by atoms with Gasteiger partial charge in [0.1, 0.15) is 4.47 Å². The topological polar surface area (TPSA) is 56.2 Å². The monoisotopic (exact) mass is 353 g/mol. The van der Waals surface area contributed by atoms with E-state index in [0.29, 0.717) is 12.4 Å². The highest BCUT2D eigenvalue weighted by Crippen LogP contribution is 2.12. The third kappa shape index (κ3) is 4.94. The van der Waals surface area contributed by atoms with E-state index in [9.17, 15) is 4.79 Å². The third-order valence-electron chi connectivity index (χ3n) is 1.67. The van der Waals surface area contributed by atoms with Crippen LogP contribution < -0.4 is 10.3 Å². The second kappa shape index (κ2) is 8.52. The lowest BCUT2D eigenvalue weighted by Crippen LogP contribution is -2.41. The zero-order valence-corrected chi connectivity index (χ0v) is 12.4. The van der Waals surface area contributed by atoms with Crippen LogP contribution in [0.2, 0.25) is 0 Å². The minimum atomic E-state index is -0.290. The Labute approximate surface area is 112 Å². The average molecular weight is 355 g/mol. The zero-order chi connectivity index (χ0) is 12.6. The number of alkyl halides is 1. The highest BCUT2D eigenvalue weighted by atomic mass is 79.9. The number of esters is 1. The molecule has 0 amide bonds. The quantitative estimate of drug-likeness (QED) is 0.512. The van der Waals surface area contributed by atoms with Crippen LogP contribution in [0.3, 0.4) is 0 Å². The molecule has 0 aliphatic carbocycles. The Morgan fingerprint density at radius 1 is 1.56 bits per heavy atom. The smallest absolute Gasteiger partial charge is 0.348 e. The molecule has 0 spiro atoms. The summed E-state index contributed by atoms with van der Waals surface area (Å²) in [6, 6.07) is 3.62. The summed E-state index contributed by atoms with van der Waals surface area (Å²) in [5.74, 6) is 2.04. The Morgan fingerprint density at radius 3 is 2.75 bits per heavy atom. The Kier molecular flexibility index (Phi) is 8.19. The fourth-order valence-electron chi connectivity index (χ4n) is 1.02. The summed E-state index contributed by atoms with van der Waals surface area (Å²) in [5.41, 5.74) is 5.74. The molecule has 0 fully saturated rings. The molecule has 0 aliphatic rings. The van der Waals surface area contributed by atoms with E-state index < -0.39 is 0 Å². The molecular weight excluding hydrogens is 340 g/mol. The van der Waals surface area contributed by atoms with E-state index in [0.717, 1.165) is 4.47 Å². The van der Waals surface area contributed by atoms with Crippen molar-refractivity contribution in [3.8, 4) is 0 Å². The van der Waals surface area contributed by atoms with Crippen molar-refractivity contribution in [1.29, 1.82) is 0 Å². The van der Waals surface area contributed by atoms with Crippen LogP contribution in [-0.2, 0) is 16.1 Å². The summed E-state index contributed by atoms with van der Waals surface area (Å²) in [7, 11) is 0. The normalized spacial score (nSPS) is 9.00. The second-order valence-corrected chi connectivity index (χ2v) is 3.53. The number of nitrogens with two attached hydrogens (primary N) is 1. The summed E-state index contributed by atoms with van der Waals surface area (Å²) in [5, 5.41) is 0. The fourth-order valence-corrected chi connectivity index (χ4v) is 1.40. The molecule has 0 atom stereocenters. The molecule has 16 heavy (non-hydrogen) atoms. The first-order chi connectivity index (χ1) is 7.65. The van der Waals surface area contributed by atoms with Gasteiger partial charge in [-0.05, 0) is 40.8 Å². The molecule has 1 heterocycles. The SMILES string of the molecule is CBr.CCOC(=O)C[n+]1cccc(Br)c1N. The van der Waals surface area contributed by atoms with Gasteiger partial charge in [0.15, 0.2) is 6.54 Å². The van der Waals surface area contributed by atoms with Crippen LogP contribution in [0.1, 0.15) is 6.92 Å². The maximum absolute atomic E-state index is 11.2. The van der Waals surface area contributed by atoms with Gasteiger partial charge in [0.05, 0.1) is 12.8 Å². The van der Waals surface area contributed by atoms with E-state index in [1.54, 1.807) is 23.8 Å². The number of hydrogen-bond donors (Lipinski definition) is 1. The van der Waals surface area contributed by atoms with Gasteiger partial charge in [-0.3, -0.25) is 5.73 Å². The van der Waals surface area contributed by atoms with E-state index >= 15 is 0 Å². The first-order valence-electron chi connectivity index (χ1n) is 4.62. The fraction of sp³-hybridized carbons (Fsp3) is 0.400. The van der Waals surface area contributed by atoms with Gasteiger partial charge in [-0.2, -0.15) is 0 Å². The summed E-state index contributed by atoms with van der Waals surface area (Å²) in [6.07, 6.45) is 1.73. The summed E-state index contributed by atoms with van der Waals surface area (Å²) in [4.78, 5) is 11.2. The molecule has 0 unspecified atom stereocenters. The molecule has 4 nitrogen and oxygen atoms in total. The second-order valence-electron chi connectivity index (χ2n) is 2.67. The number of carbonyl (C=O) groups is 1. The van der Waals surface area contributed by atoms with Crippen molar-refractivity contribution in [2.24, 2.45) is 0 Å². The van der Waals surface area contributed by atoms with Gasteiger partial charge >= 0.3 is 5.97 Å². The van der Waals surface area contributed by atoms with Gasteiger partial charge in [-0.25, -0.2) is 9.36 Å². The van der Waals surface area contributed by atoms with E-state index in [2.05, 4.69) is 31.9 Å². The van der Waals surface area contributed by atoms with Gasteiger partial charge in [0.25, 0.3) is 5.82 Å². The predicted molar refractivity (Wildman–Crippen MR) is 70.2 cm³/mol. The van der Waals surface area contributed by atoms with Crippen LogP contribution in [-0.4, -0.2) is 18.4 Å². The predicted octanol–water partition coefficient (Wildman–Crippen LogP) is 1.89. The van der Waals surface area contributed by atoms with Gasteiger partial charge in [-0.15, -0.1) is 0 Å². The summed E-state index contributed by atoms with van der Waals surface area (Å²) >= 11 is 6.21. The van der Waals surface area contributed by atoms with E-state index in [4.69, 9.17) is 10.5 Å². The van der Waals surface area contributed by atoms with Crippen molar-refractivity contribution in [2.75, 3.05) is 18.2 Å². The van der Waals surface area contributed by atoms with Crippen LogP contribution in [0.4, 0.5) is 5.82 Å². The number of hydrogen-bond acceptors (Lipinski definition) is 3. The van der Waals surface area contributed by atoms with Crippen molar-refractivity contribution in [2.45, 2.75) is 13.5 Å². The van der Waals surface area contributed by atoms with Crippen molar-refractivity contribution in [3.63, 3.8) is 0 Å². The maximum Gasteiger partial charge on any atom is 0.348 e. The van der Waals surface area contributed by atoms with Crippen molar-refractivity contribution >= 4 is 43.6 Å². The Balaban J connectivity index is 0.00000106. The number of carbonyl (C=O) groups excluding carboxylic acids is 1. The molecule has 1 aromatic heterocycles. The molecule has 0 saturated heterocycles. The Morgan fingerprint density at radius 2 is 2.19 bits per heavy atom. The minimum absolute atomic E-state index is 0.138.